The van der Waals surface area contributed by atoms with Crippen LogP contribution < -0.4 is 5.32 Å². The second kappa shape index (κ2) is 5.22. The van der Waals surface area contributed by atoms with E-state index in [1.807, 2.05) is 18.2 Å². The van der Waals surface area contributed by atoms with E-state index < -0.39 is 5.95 Å². The van der Waals surface area contributed by atoms with Gasteiger partial charge in [0, 0.05) is 27.1 Å². The Labute approximate surface area is 111 Å². The van der Waals surface area contributed by atoms with E-state index in [1.54, 1.807) is 6.07 Å². The van der Waals surface area contributed by atoms with E-state index in [9.17, 15) is 9.18 Å². The number of halogens is 2. The van der Waals surface area contributed by atoms with Crippen LogP contribution in [0.2, 0.25) is 0 Å². The molecule has 5 heteroatoms. The van der Waals surface area contributed by atoms with Crippen molar-refractivity contribution >= 4 is 34.2 Å². The Balaban J connectivity index is 2.17. The first-order valence-electron chi connectivity index (χ1n) is 4.83. The predicted molar refractivity (Wildman–Crippen MR) is 71.3 cm³/mol. The molecule has 0 bridgehead atoms. The van der Waals surface area contributed by atoms with Gasteiger partial charge in [0.15, 0.2) is 0 Å². The van der Waals surface area contributed by atoms with Crippen LogP contribution in [0.4, 0.5) is 10.1 Å². The monoisotopic (exact) mass is 342 g/mol. The van der Waals surface area contributed by atoms with E-state index in [1.165, 1.54) is 12.3 Å². The highest BCUT2D eigenvalue weighted by Gasteiger charge is 2.07. The summed E-state index contributed by atoms with van der Waals surface area (Å²) >= 11 is 2.15. The normalized spacial score (nSPS) is 10.0. The smallest absolute Gasteiger partial charge is 0.255 e. The molecule has 1 N–H and O–H groups in total. The van der Waals surface area contributed by atoms with E-state index in [4.69, 9.17) is 0 Å². The third-order valence-electron chi connectivity index (χ3n) is 2.07. The summed E-state index contributed by atoms with van der Waals surface area (Å²) in [7, 11) is 0. The van der Waals surface area contributed by atoms with Crippen molar-refractivity contribution in [2.75, 3.05) is 5.32 Å². The Morgan fingerprint density at radius 3 is 2.82 bits per heavy atom. The van der Waals surface area contributed by atoms with Gasteiger partial charge >= 0.3 is 0 Å². The SMILES string of the molecule is O=C(Nc1cccc(I)c1)c1ccnc(F)c1. The lowest BCUT2D eigenvalue weighted by Gasteiger charge is -2.05. The van der Waals surface area contributed by atoms with Crippen molar-refractivity contribution in [3.8, 4) is 0 Å². The Bertz CT molecular complexity index is 560. The minimum absolute atomic E-state index is 0.247. The van der Waals surface area contributed by atoms with E-state index in [2.05, 4.69) is 32.9 Å². The number of amides is 1. The van der Waals surface area contributed by atoms with E-state index in [0.29, 0.717) is 5.69 Å². The largest absolute Gasteiger partial charge is 0.322 e. The molecule has 17 heavy (non-hydrogen) atoms. The van der Waals surface area contributed by atoms with Gasteiger partial charge in [-0.25, -0.2) is 4.98 Å². The number of nitrogens with zero attached hydrogens (tertiary/aromatic N) is 1. The van der Waals surface area contributed by atoms with Gasteiger partial charge in [-0.3, -0.25) is 4.79 Å². The summed E-state index contributed by atoms with van der Waals surface area (Å²) in [6, 6.07) is 9.93. The molecule has 0 saturated heterocycles. The van der Waals surface area contributed by atoms with Gasteiger partial charge in [-0.05, 0) is 46.9 Å². The lowest BCUT2D eigenvalue weighted by Crippen LogP contribution is -2.12. The molecular weight excluding hydrogens is 334 g/mol. The highest BCUT2D eigenvalue weighted by Crippen LogP contribution is 2.13. The van der Waals surface area contributed by atoms with Crippen LogP contribution >= 0.6 is 22.6 Å². The van der Waals surface area contributed by atoms with Gasteiger partial charge in [0.2, 0.25) is 5.95 Å². The summed E-state index contributed by atoms with van der Waals surface area (Å²) in [4.78, 5) is 15.2. The molecule has 1 aromatic carbocycles. The Kier molecular flexibility index (Phi) is 3.68. The highest BCUT2D eigenvalue weighted by atomic mass is 127. The van der Waals surface area contributed by atoms with Gasteiger partial charge in [-0.1, -0.05) is 6.07 Å². The fourth-order valence-corrected chi connectivity index (χ4v) is 1.86. The number of nitrogens with one attached hydrogen (secondary N) is 1. The molecule has 0 unspecified atom stereocenters. The van der Waals surface area contributed by atoms with Gasteiger partial charge in [0.1, 0.15) is 0 Å². The van der Waals surface area contributed by atoms with Crippen LogP contribution in [0.1, 0.15) is 10.4 Å². The van der Waals surface area contributed by atoms with Crippen LogP contribution in [0.3, 0.4) is 0 Å². The van der Waals surface area contributed by atoms with Gasteiger partial charge in [0.25, 0.3) is 5.91 Å². The first kappa shape index (κ1) is 12.0. The zero-order valence-corrected chi connectivity index (χ0v) is 10.8. The molecule has 1 amide bonds. The minimum atomic E-state index is -0.666. The maximum Gasteiger partial charge on any atom is 0.255 e. The molecule has 0 saturated carbocycles. The van der Waals surface area contributed by atoms with Crippen molar-refractivity contribution in [2.24, 2.45) is 0 Å². The first-order valence-corrected chi connectivity index (χ1v) is 5.91. The van der Waals surface area contributed by atoms with Crippen LogP contribution in [0, 0.1) is 9.52 Å². The summed E-state index contributed by atoms with van der Waals surface area (Å²) in [6.07, 6.45) is 1.26. The number of carbonyl (C=O) groups excluding carboxylic acids is 1. The van der Waals surface area contributed by atoms with Crippen molar-refractivity contribution in [3.05, 3.63) is 57.7 Å². The summed E-state index contributed by atoms with van der Waals surface area (Å²) in [6.45, 7) is 0. The summed E-state index contributed by atoms with van der Waals surface area (Å²) < 4.78 is 13.9. The van der Waals surface area contributed by atoms with E-state index in [-0.39, 0.29) is 11.5 Å². The van der Waals surface area contributed by atoms with Crippen LogP contribution in [-0.4, -0.2) is 10.9 Å². The fraction of sp³-hybridized carbons (Fsp3) is 0. The number of aromatic nitrogens is 1. The number of carbonyl (C=O) groups is 1. The van der Waals surface area contributed by atoms with Crippen molar-refractivity contribution in [1.29, 1.82) is 0 Å². The molecule has 0 aliphatic heterocycles. The summed E-state index contributed by atoms with van der Waals surface area (Å²) in [5, 5.41) is 2.69. The van der Waals surface area contributed by atoms with E-state index in [0.717, 1.165) is 9.64 Å². The lowest BCUT2D eigenvalue weighted by molar-refractivity contribution is 0.102. The molecule has 1 heterocycles. The van der Waals surface area contributed by atoms with Crippen LogP contribution in [0.5, 0.6) is 0 Å². The molecule has 0 atom stereocenters. The van der Waals surface area contributed by atoms with Crippen LogP contribution in [0.25, 0.3) is 0 Å². The van der Waals surface area contributed by atoms with E-state index >= 15 is 0 Å². The van der Waals surface area contributed by atoms with Gasteiger partial charge in [-0.15, -0.1) is 0 Å². The van der Waals surface area contributed by atoms with Crippen molar-refractivity contribution in [2.45, 2.75) is 0 Å². The Hall–Kier alpha value is -1.50. The summed E-state index contributed by atoms with van der Waals surface area (Å²) in [5.74, 6) is -1.02. The maximum absolute atomic E-state index is 12.8. The standard InChI is InChI=1S/C12H8FIN2O/c13-11-6-8(4-5-15-11)12(17)16-10-3-1-2-9(14)7-10/h1-7H,(H,16,17). The lowest BCUT2D eigenvalue weighted by atomic mass is 10.2. The first-order chi connectivity index (χ1) is 8.15. The van der Waals surface area contributed by atoms with Gasteiger partial charge < -0.3 is 5.32 Å². The third kappa shape index (κ3) is 3.23. The molecule has 2 aromatic rings. The molecule has 3 nitrogen and oxygen atoms in total. The fourth-order valence-electron chi connectivity index (χ4n) is 1.31. The van der Waals surface area contributed by atoms with Crippen molar-refractivity contribution in [1.82, 2.24) is 4.98 Å². The molecule has 2 rings (SSSR count). The molecule has 0 radical (unpaired) electrons. The highest BCUT2D eigenvalue weighted by molar-refractivity contribution is 14.1. The molecule has 0 fully saturated rings. The van der Waals surface area contributed by atoms with Gasteiger partial charge in [-0.2, -0.15) is 4.39 Å². The zero-order valence-electron chi connectivity index (χ0n) is 8.65. The topological polar surface area (TPSA) is 42.0 Å². The average Bonchev–Trinajstić information content (AvgIpc) is 2.29. The van der Waals surface area contributed by atoms with Crippen LogP contribution in [0.15, 0.2) is 42.6 Å². The second-order valence-electron chi connectivity index (χ2n) is 3.33. The number of pyridine rings is 1. The maximum atomic E-state index is 12.8. The molecule has 1 aromatic heterocycles. The Morgan fingerprint density at radius 1 is 1.29 bits per heavy atom. The average molecular weight is 342 g/mol. The third-order valence-corrected chi connectivity index (χ3v) is 2.74. The molecular formula is C12H8FIN2O. The van der Waals surface area contributed by atoms with Gasteiger partial charge in [0.05, 0.1) is 0 Å². The number of anilines is 1. The predicted octanol–water partition coefficient (Wildman–Crippen LogP) is 3.08. The van der Waals surface area contributed by atoms with Crippen molar-refractivity contribution < 1.29 is 9.18 Å². The number of rotatable bonds is 2. The summed E-state index contributed by atoms with van der Waals surface area (Å²) in [5.41, 5.74) is 0.926. The Morgan fingerprint density at radius 2 is 2.12 bits per heavy atom. The second-order valence-corrected chi connectivity index (χ2v) is 4.58. The number of hydrogen-bond donors (Lipinski definition) is 1. The molecule has 86 valence electrons. The number of hydrogen-bond acceptors (Lipinski definition) is 2. The van der Waals surface area contributed by atoms with Crippen LogP contribution in [-0.2, 0) is 0 Å². The zero-order chi connectivity index (χ0) is 12.3. The molecule has 0 aliphatic rings. The van der Waals surface area contributed by atoms with Crippen molar-refractivity contribution in [3.63, 3.8) is 0 Å². The molecule has 0 aliphatic carbocycles. The molecule has 0 spiro atoms. The minimum Gasteiger partial charge on any atom is -0.322 e. The number of benzene rings is 1. The quantitative estimate of drug-likeness (QED) is 0.673.